The van der Waals surface area contributed by atoms with E-state index in [9.17, 15) is 9.59 Å². The molecule has 0 radical (unpaired) electrons. The van der Waals surface area contributed by atoms with Gasteiger partial charge in [-0.15, -0.1) is 0 Å². The Morgan fingerprint density at radius 3 is 2.25 bits per heavy atom. The Labute approximate surface area is 124 Å². The predicted molar refractivity (Wildman–Crippen MR) is 81.5 cm³/mol. The third-order valence-electron chi connectivity index (χ3n) is 2.69. The molecule has 5 N–H and O–H groups in total. The van der Waals surface area contributed by atoms with Crippen LogP contribution >= 0.6 is 15.9 Å². The standard InChI is InChI=1S/C14H12BrN3O2/c15-9-3-6-11(12(16)7-9)14(20)18-10-4-1-8(2-5-10)13(17)19/h1-7H,16H2,(H2,17,19)(H,18,20). The molecular weight excluding hydrogens is 322 g/mol. The maximum absolute atomic E-state index is 12.1. The van der Waals surface area contributed by atoms with Crippen LogP contribution in [0.4, 0.5) is 11.4 Å². The summed E-state index contributed by atoms with van der Waals surface area (Å²) in [5.41, 5.74) is 12.6. The zero-order valence-electron chi connectivity index (χ0n) is 10.4. The summed E-state index contributed by atoms with van der Waals surface area (Å²) in [6, 6.07) is 11.3. The lowest BCUT2D eigenvalue weighted by molar-refractivity contribution is 0.0998. The van der Waals surface area contributed by atoms with E-state index >= 15 is 0 Å². The van der Waals surface area contributed by atoms with E-state index in [1.54, 1.807) is 42.5 Å². The number of benzene rings is 2. The molecule has 0 saturated heterocycles. The lowest BCUT2D eigenvalue weighted by Crippen LogP contribution is -2.14. The Morgan fingerprint density at radius 1 is 1.05 bits per heavy atom. The van der Waals surface area contributed by atoms with Gasteiger partial charge >= 0.3 is 0 Å². The average molecular weight is 334 g/mol. The van der Waals surface area contributed by atoms with Gasteiger partial charge in [-0.05, 0) is 42.5 Å². The third kappa shape index (κ3) is 3.16. The van der Waals surface area contributed by atoms with E-state index in [0.29, 0.717) is 22.5 Å². The fraction of sp³-hybridized carbons (Fsp3) is 0. The van der Waals surface area contributed by atoms with Gasteiger partial charge < -0.3 is 16.8 Å². The van der Waals surface area contributed by atoms with Gasteiger partial charge in [0, 0.05) is 21.4 Å². The molecular formula is C14H12BrN3O2. The molecule has 0 atom stereocenters. The van der Waals surface area contributed by atoms with Crippen LogP contribution in [0.5, 0.6) is 0 Å². The van der Waals surface area contributed by atoms with Crippen LogP contribution in [-0.2, 0) is 0 Å². The van der Waals surface area contributed by atoms with Gasteiger partial charge in [-0.25, -0.2) is 0 Å². The summed E-state index contributed by atoms with van der Waals surface area (Å²) in [5, 5.41) is 2.70. The summed E-state index contributed by atoms with van der Waals surface area (Å²) < 4.78 is 0.803. The first-order valence-corrected chi connectivity index (χ1v) is 6.53. The molecule has 2 amide bonds. The number of carbonyl (C=O) groups is 2. The monoisotopic (exact) mass is 333 g/mol. The van der Waals surface area contributed by atoms with Crippen molar-refractivity contribution in [1.29, 1.82) is 0 Å². The summed E-state index contributed by atoms with van der Waals surface area (Å²) in [4.78, 5) is 23.0. The Hall–Kier alpha value is -2.34. The van der Waals surface area contributed by atoms with E-state index < -0.39 is 5.91 Å². The van der Waals surface area contributed by atoms with Crippen molar-refractivity contribution >= 4 is 39.1 Å². The van der Waals surface area contributed by atoms with E-state index in [4.69, 9.17) is 11.5 Å². The van der Waals surface area contributed by atoms with E-state index in [1.807, 2.05) is 0 Å². The van der Waals surface area contributed by atoms with Crippen molar-refractivity contribution in [1.82, 2.24) is 0 Å². The largest absolute Gasteiger partial charge is 0.398 e. The number of amides is 2. The van der Waals surface area contributed by atoms with Crippen molar-refractivity contribution in [3.8, 4) is 0 Å². The number of primary amides is 1. The molecule has 0 heterocycles. The number of rotatable bonds is 3. The molecule has 6 heteroatoms. The maximum atomic E-state index is 12.1. The highest BCUT2D eigenvalue weighted by Crippen LogP contribution is 2.20. The minimum atomic E-state index is -0.514. The van der Waals surface area contributed by atoms with Gasteiger partial charge in [0.1, 0.15) is 0 Å². The highest BCUT2D eigenvalue weighted by atomic mass is 79.9. The van der Waals surface area contributed by atoms with Crippen LogP contribution in [0.3, 0.4) is 0 Å². The fourth-order valence-electron chi connectivity index (χ4n) is 1.66. The molecule has 0 aliphatic rings. The number of hydrogen-bond acceptors (Lipinski definition) is 3. The van der Waals surface area contributed by atoms with Gasteiger partial charge in [-0.3, -0.25) is 9.59 Å². The van der Waals surface area contributed by atoms with Crippen LogP contribution in [-0.4, -0.2) is 11.8 Å². The second kappa shape index (κ2) is 5.75. The van der Waals surface area contributed by atoms with Gasteiger partial charge in [-0.1, -0.05) is 15.9 Å². The second-order valence-electron chi connectivity index (χ2n) is 4.13. The minimum absolute atomic E-state index is 0.318. The molecule has 0 spiro atoms. The first kappa shape index (κ1) is 14.1. The summed E-state index contributed by atoms with van der Waals surface area (Å²) in [7, 11) is 0. The zero-order chi connectivity index (χ0) is 14.7. The molecule has 0 aliphatic heterocycles. The Morgan fingerprint density at radius 2 is 1.70 bits per heavy atom. The van der Waals surface area contributed by atoms with E-state index in [2.05, 4.69) is 21.2 Å². The van der Waals surface area contributed by atoms with Crippen molar-refractivity contribution in [2.45, 2.75) is 0 Å². The number of halogens is 1. The minimum Gasteiger partial charge on any atom is -0.398 e. The highest BCUT2D eigenvalue weighted by Gasteiger charge is 2.10. The Kier molecular flexibility index (Phi) is 4.05. The van der Waals surface area contributed by atoms with Crippen LogP contribution < -0.4 is 16.8 Å². The molecule has 2 aromatic carbocycles. The van der Waals surface area contributed by atoms with Crippen LogP contribution in [0.15, 0.2) is 46.9 Å². The van der Waals surface area contributed by atoms with Gasteiger partial charge in [0.2, 0.25) is 5.91 Å². The molecule has 102 valence electrons. The van der Waals surface area contributed by atoms with Crippen molar-refractivity contribution in [2.24, 2.45) is 5.73 Å². The van der Waals surface area contributed by atoms with Gasteiger partial charge in [0.25, 0.3) is 5.91 Å². The summed E-state index contributed by atoms with van der Waals surface area (Å²) in [5.74, 6) is -0.832. The number of hydrogen-bond donors (Lipinski definition) is 3. The summed E-state index contributed by atoms with van der Waals surface area (Å²) in [6.45, 7) is 0. The van der Waals surface area contributed by atoms with Crippen molar-refractivity contribution in [3.05, 3.63) is 58.1 Å². The quantitative estimate of drug-likeness (QED) is 0.752. The number of nitrogens with two attached hydrogens (primary N) is 2. The summed E-state index contributed by atoms with van der Waals surface area (Å²) >= 11 is 3.28. The van der Waals surface area contributed by atoms with Gasteiger partial charge in [0.15, 0.2) is 0 Å². The first-order chi connectivity index (χ1) is 9.47. The van der Waals surface area contributed by atoms with Crippen LogP contribution in [0.1, 0.15) is 20.7 Å². The summed E-state index contributed by atoms with van der Waals surface area (Å²) in [6.07, 6.45) is 0. The molecule has 0 aromatic heterocycles. The first-order valence-electron chi connectivity index (χ1n) is 5.73. The molecule has 0 aliphatic carbocycles. The van der Waals surface area contributed by atoms with Gasteiger partial charge in [-0.2, -0.15) is 0 Å². The molecule has 2 rings (SSSR count). The highest BCUT2D eigenvalue weighted by molar-refractivity contribution is 9.10. The second-order valence-corrected chi connectivity index (χ2v) is 5.04. The number of anilines is 2. The topological polar surface area (TPSA) is 98.2 Å². The van der Waals surface area contributed by atoms with Crippen molar-refractivity contribution < 1.29 is 9.59 Å². The van der Waals surface area contributed by atoms with E-state index in [-0.39, 0.29) is 5.91 Å². The van der Waals surface area contributed by atoms with Crippen molar-refractivity contribution in [3.63, 3.8) is 0 Å². The van der Waals surface area contributed by atoms with E-state index in [1.165, 1.54) is 0 Å². The lowest BCUT2D eigenvalue weighted by atomic mass is 10.1. The van der Waals surface area contributed by atoms with E-state index in [0.717, 1.165) is 4.47 Å². The predicted octanol–water partition coefficient (Wildman–Crippen LogP) is 2.38. The van der Waals surface area contributed by atoms with Crippen LogP contribution in [0, 0.1) is 0 Å². The zero-order valence-corrected chi connectivity index (χ0v) is 12.0. The molecule has 20 heavy (non-hydrogen) atoms. The number of carbonyl (C=O) groups excluding carboxylic acids is 2. The molecule has 0 fully saturated rings. The lowest BCUT2D eigenvalue weighted by Gasteiger charge is -2.08. The van der Waals surface area contributed by atoms with Crippen LogP contribution in [0.25, 0.3) is 0 Å². The third-order valence-corrected chi connectivity index (χ3v) is 3.18. The molecule has 0 saturated carbocycles. The van der Waals surface area contributed by atoms with Gasteiger partial charge in [0.05, 0.1) is 5.56 Å². The Balaban J connectivity index is 2.17. The van der Waals surface area contributed by atoms with Crippen molar-refractivity contribution in [2.75, 3.05) is 11.1 Å². The normalized spacial score (nSPS) is 10.1. The molecule has 5 nitrogen and oxygen atoms in total. The molecule has 0 bridgehead atoms. The smallest absolute Gasteiger partial charge is 0.257 e. The maximum Gasteiger partial charge on any atom is 0.257 e. The average Bonchev–Trinajstić information content (AvgIpc) is 2.39. The molecule has 0 unspecified atom stereocenters. The molecule has 2 aromatic rings. The number of nitrogen functional groups attached to an aromatic ring is 1. The number of nitrogens with one attached hydrogen (secondary N) is 1. The van der Waals surface area contributed by atoms with Crippen LogP contribution in [0.2, 0.25) is 0 Å². The SMILES string of the molecule is NC(=O)c1ccc(NC(=O)c2ccc(Br)cc2N)cc1. The fourth-order valence-corrected chi connectivity index (χ4v) is 2.04. The Bertz CT molecular complexity index is 669.